The summed E-state index contributed by atoms with van der Waals surface area (Å²) in [6, 6.07) is 7.06. The van der Waals surface area contributed by atoms with Gasteiger partial charge in [-0.2, -0.15) is 14.4 Å². The Hall–Kier alpha value is -3.97. The van der Waals surface area contributed by atoms with Gasteiger partial charge >= 0.3 is 25.8 Å². The van der Waals surface area contributed by atoms with E-state index in [1.165, 1.54) is 10.9 Å². The summed E-state index contributed by atoms with van der Waals surface area (Å²) in [6.07, 6.45) is 9.03. The number of fused-ring (bicyclic) bond motifs is 1. The van der Waals surface area contributed by atoms with Crippen LogP contribution in [0.3, 0.4) is 0 Å². The van der Waals surface area contributed by atoms with E-state index in [2.05, 4.69) is 32.9 Å². The molecule has 0 spiro atoms. The molecule has 2 aromatic heterocycles. The van der Waals surface area contributed by atoms with E-state index in [-0.39, 0.29) is 36.4 Å². The normalized spacial score (nSPS) is 21.0. The van der Waals surface area contributed by atoms with Crippen molar-refractivity contribution < 1.29 is 47.3 Å². The third-order valence-electron chi connectivity index (χ3n) is 7.74. The van der Waals surface area contributed by atoms with Gasteiger partial charge in [0.2, 0.25) is 0 Å². The van der Waals surface area contributed by atoms with Crippen molar-refractivity contribution in [3.63, 3.8) is 0 Å². The molecule has 1 saturated heterocycles. The first kappa shape index (κ1) is 36.9. The number of nitrogens with zero attached hydrogens (tertiary/aromatic N) is 4. The lowest BCUT2D eigenvalue weighted by Gasteiger charge is -2.29. The summed E-state index contributed by atoms with van der Waals surface area (Å²) in [5.41, 5.74) is 4.48. The van der Waals surface area contributed by atoms with Crippen molar-refractivity contribution in [2.75, 3.05) is 25.6 Å². The second kappa shape index (κ2) is 16.9. The Morgan fingerprint density at radius 2 is 1.96 bits per heavy atom. The Morgan fingerprint density at radius 3 is 2.67 bits per heavy atom. The van der Waals surface area contributed by atoms with Crippen molar-refractivity contribution in [2.24, 2.45) is 0 Å². The number of nitrogen functional groups attached to an aromatic ring is 1. The number of aliphatic carboxylic acids is 1. The summed E-state index contributed by atoms with van der Waals surface area (Å²) >= 11 is 0. The van der Waals surface area contributed by atoms with Crippen LogP contribution in [0, 0.1) is 18.4 Å². The van der Waals surface area contributed by atoms with Crippen LogP contribution in [0.4, 0.5) is 10.2 Å². The van der Waals surface area contributed by atoms with Crippen molar-refractivity contribution in [3.05, 3.63) is 48.3 Å². The lowest BCUT2D eigenvalue weighted by molar-refractivity contribution is -0.146. The zero-order valence-electron chi connectivity index (χ0n) is 26.5. The predicted molar refractivity (Wildman–Crippen MR) is 171 cm³/mol. The largest absolute Gasteiger partial charge is 0.480 e. The van der Waals surface area contributed by atoms with Gasteiger partial charge in [-0.05, 0) is 18.4 Å². The van der Waals surface area contributed by atoms with Gasteiger partial charge in [-0.15, -0.1) is 6.42 Å². The van der Waals surface area contributed by atoms with Crippen LogP contribution < -0.4 is 10.8 Å². The van der Waals surface area contributed by atoms with Gasteiger partial charge in [0.05, 0.1) is 12.9 Å². The first-order chi connectivity index (χ1) is 23.0. The number of imidazole rings is 1. The molecular formula is C31H40FN6O9P. The number of unbranched alkanes of at least 4 members (excludes halogenated alkanes) is 5. The van der Waals surface area contributed by atoms with E-state index in [9.17, 15) is 28.8 Å². The molecule has 1 aromatic carbocycles. The Kier molecular flexibility index (Phi) is 13.0. The molecule has 0 unspecified atom stereocenters. The van der Waals surface area contributed by atoms with Crippen molar-refractivity contribution >= 4 is 36.7 Å². The molecule has 0 saturated carbocycles. The number of terminal acetylenes is 1. The molecule has 0 amide bonds. The number of rotatable bonds is 19. The fraction of sp³-hybridized carbons (Fsp3) is 0.516. The molecule has 4 rings (SSSR count). The lowest BCUT2D eigenvalue weighted by atomic mass is 9.99. The maximum absolute atomic E-state index is 14.1. The molecular weight excluding hydrogens is 650 g/mol. The first-order valence-electron chi connectivity index (χ1n) is 15.6. The van der Waals surface area contributed by atoms with E-state index in [0.717, 1.165) is 32.1 Å². The molecule has 48 heavy (non-hydrogen) atoms. The van der Waals surface area contributed by atoms with Crippen molar-refractivity contribution in [1.29, 1.82) is 0 Å². The summed E-state index contributed by atoms with van der Waals surface area (Å²) in [7, 11) is -4.67. The fourth-order valence-electron chi connectivity index (χ4n) is 5.11. The van der Waals surface area contributed by atoms with Crippen molar-refractivity contribution in [1.82, 2.24) is 24.6 Å². The van der Waals surface area contributed by atoms with E-state index in [4.69, 9.17) is 30.7 Å². The van der Waals surface area contributed by atoms with E-state index in [1.807, 2.05) is 0 Å². The smallest absolute Gasteiger partial charge is 0.406 e. The molecule has 1 aliphatic rings. The number of esters is 1. The molecule has 5 atom stereocenters. The number of hydrogen-bond acceptors (Lipinski definition) is 12. The number of aliphatic hydroxyl groups excluding tert-OH is 1. The van der Waals surface area contributed by atoms with Crippen LogP contribution in [-0.2, 0) is 39.1 Å². The number of halogens is 1. The number of anilines is 1. The fourth-order valence-corrected chi connectivity index (χ4v) is 6.56. The van der Waals surface area contributed by atoms with Crippen LogP contribution in [0.25, 0.3) is 11.2 Å². The highest BCUT2D eigenvalue weighted by atomic mass is 31.2. The highest BCUT2D eigenvalue weighted by Crippen LogP contribution is 2.48. The second-order valence-electron chi connectivity index (χ2n) is 11.3. The van der Waals surface area contributed by atoms with Crippen LogP contribution in [-0.4, -0.2) is 79.2 Å². The SMILES string of the molecule is C#C[C@]1(CO[P@@](=O)(N[C@@H](Cc2ccccc2)C(=O)O)OCC(=O)OCCCCCCCC)O[C@@H](n2cnc3c(N)nc(F)nc32)C[C@@H]1O. The number of nitrogens with one attached hydrogen (secondary N) is 1. The molecule has 1 aliphatic heterocycles. The summed E-state index contributed by atoms with van der Waals surface area (Å²) in [6.45, 7) is 0.642. The minimum Gasteiger partial charge on any atom is -0.480 e. The van der Waals surface area contributed by atoms with E-state index < -0.39 is 63.0 Å². The number of aromatic nitrogens is 4. The number of benzene rings is 1. The van der Waals surface area contributed by atoms with Crippen LogP contribution in [0.15, 0.2) is 36.7 Å². The van der Waals surface area contributed by atoms with Crippen LogP contribution in [0.1, 0.15) is 63.7 Å². The number of carboxylic acids is 1. The average Bonchev–Trinajstić information content (AvgIpc) is 3.63. The van der Waals surface area contributed by atoms with Crippen molar-refractivity contribution in [3.8, 4) is 12.3 Å². The number of ether oxygens (including phenoxy) is 2. The zero-order chi connectivity index (χ0) is 34.7. The minimum absolute atomic E-state index is 0.0219. The summed E-state index contributed by atoms with van der Waals surface area (Å²) in [5, 5.41) is 23.4. The Balaban J connectivity index is 1.48. The Morgan fingerprint density at radius 1 is 1.23 bits per heavy atom. The van der Waals surface area contributed by atoms with Crippen LogP contribution in [0.2, 0.25) is 0 Å². The van der Waals surface area contributed by atoms with E-state index >= 15 is 0 Å². The van der Waals surface area contributed by atoms with E-state index in [1.54, 1.807) is 30.3 Å². The monoisotopic (exact) mass is 690 g/mol. The van der Waals surface area contributed by atoms with Gasteiger partial charge in [0.25, 0.3) is 0 Å². The molecule has 0 bridgehead atoms. The topological polar surface area (TPSA) is 210 Å². The molecule has 17 heteroatoms. The number of hydrogen-bond donors (Lipinski definition) is 4. The number of carbonyl (C=O) groups excluding carboxylic acids is 1. The number of aliphatic hydroxyl groups is 1. The maximum Gasteiger partial charge on any atom is 0.406 e. The maximum atomic E-state index is 14.1. The summed E-state index contributed by atoms with van der Waals surface area (Å²) < 4.78 is 51.5. The Labute approximate surface area is 276 Å². The molecule has 1 fully saturated rings. The summed E-state index contributed by atoms with van der Waals surface area (Å²) in [5.74, 6) is -0.101. The first-order valence-corrected chi connectivity index (χ1v) is 17.1. The predicted octanol–water partition coefficient (Wildman–Crippen LogP) is 3.53. The lowest BCUT2D eigenvalue weighted by Crippen LogP contribution is -2.44. The summed E-state index contributed by atoms with van der Waals surface area (Å²) in [4.78, 5) is 35.9. The van der Waals surface area contributed by atoms with Gasteiger partial charge < -0.3 is 25.4 Å². The van der Waals surface area contributed by atoms with Gasteiger partial charge in [0.1, 0.15) is 25.0 Å². The molecule has 5 N–H and O–H groups in total. The van der Waals surface area contributed by atoms with Gasteiger partial charge in [0.15, 0.2) is 29.2 Å². The molecule has 0 aliphatic carbocycles. The number of carbonyl (C=O) groups is 2. The third-order valence-corrected chi connectivity index (χ3v) is 9.31. The van der Waals surface area contributed by atoms with Crippen LogP contribution in [0.5, 0.6) is 0 Å². The third kappa shape index (κ3) is 9.56. The number of carboxylic acid groups (broad SMARTS) is 1. The molecule has 260 valence electrons. The van der Waals surface area contributed by atoms with E-state index in [0.29, 0.717) is 12.0 Å². The van der Waals surface area contributed by atoms with Gasteiger partial charge in [0, 0.05) is 6.42 Å². The average molecular weight is 691 g/mol. The van der Waals surface area contributed by atoms with Gasteiger partial charge in [-0.1, -0.05) is 75.3 Å². The van der Waals surface area contributed by atoms with Gasteiger partial charge in [-0.25, -0.2) is 19.4 Å². The highest BCUT2D eigenvalue weighted by Gasteiger charge is 2.50. The minimum atomic E-state index is -4.67. The molecule has 15 nitrogen and oxygen atoms in total. The molecule has 3 heterocycles. The van der Waals surface area contributed by atoms with Gasteiger partial charge in [-0.3, -0.25) is 18.4 Å². The van der Waals surface area contributed by atoms with Crippen LogP contribution >= 0.6 is 7.75 Å². The van der Waals surface area contributed by atoms with Crippen molar-refractivity contribution in [2.45, 2.75) is 82.3 Å². The molecule has 0 radical (unpaired) electrons. The quantitative estimate of drug-likeness (QED) is 0.0466. The zero-order valence-corrected chi connectivity index (χ0v) is 27.4. The molecule has 3 aromatic rings. The standard InChI is InChI=1S/C31H40FN6O9P/c1-3-5-6-7-8-12-15-44-25(40)18-45-48(43,37-22(29(41)42)16-21-13-10-9-11-14-21)46-19-31(4-2)23(39)17-24(47-31)38-20-34-26-27(33)35-30(32)36-28(26)38/h2,9-11,13-14,20,22-24,39H,3,5-8,12,15-19H2,1H3,(H,37,43)(H,41,42)(H2,33,35,36)/t22-,23-,24+,31+,48+/m0/s1. The highest BCUT2D eigenvalue weighted by molar-refractivity contribution is 7.51. The Bertz CT molecular complexity index is 1640. The second-order valence-corrected chi connectivity index (χ2v) is 13.1. The number of nitrogens with two attached hydrogens (primary N) is 1.